The SMILES string of the molecule is CCCCCCN1CCN(C/C=C/c2ccccc2)CC1. The first-order valence-electron chi connectivity index (χ1n) is 8.55. The van der Waals surface area contributed by atoms with Crippen LogP contribution >= 0.6 is 0 Å². The molecule has 1 aromatic carbocycles. The standard InChI is InChI=1S/C19H30N2/c1-2-3-4-8-13-20-15-17-21(18-16-20)14-9-12-19-10-6-5-7-11-19/h5-7,9-12H,2-4,8,13-18H2,1H3/b12-9+. The molecule has 0 aromatic heterocycles. The third-order valence-corrected chi connectivity index (χ3v) is 4.27. The number of hydrogen-bond acceptors (Lipinski definition) is 2. The van der Waals surface area contributed by atoms with Gasteiger partial charge in [-0.05, 0) is 18.5 Å². The van der Waals surface area contributed by atoms with Crippen LogP contribution in [0.3, 0.4) is 0 Å². The van der Waals surface area contributed by atoms with Crippen LogP contribution in [-0.2, 0) is 0 Å². The van der Waals surface area contributed by atoms with E-state index in [1.807, 2.05) is 0 Å². The molecular formula is C19H30N2. The predicted octanol–water partition coefficient (Wildman–Crippen LogP) is 3.90. The fourth-order valence-electron chi connectivity index (χ4n) is 2.86. The van der Waals surface area contributed by atoms with Crippen LogP contribution in [0.15, 0.2) is 36.4 Å². The van der Waals surface area contributed by atoms with Gasteiger partial charge < -0.3 is 4.90 Å². The third kappa shape index (κ3) is 6.45. The first-order chi connectivity index (χ1) is 10.4. The highest BCUT2D eigenvalue weighted by atomic mass is 15.3. The van der Waals surface area contributed by atoms with Crippen LogP contribution in [-0.4, -0.2) is 49.1 Å². The van der Waals surface area contributed by atoms with Gasteiger partial charge in [0.2, 0.25) is 0 Å². The second kappa shape index (κ2) is 9.75. The molecule has 0 aliphatic carbocycles. The molecule has 0 atom stereocenters. The van der Waals surface area contributed by atoms with Gasteiger partial charge in [0.05, 0.1) is 0 Å². The van der Waals surface area contributed by atoms with E-state index in [2.05, 4.69) is 59.2 Å². The van der Waals surface area contributed by atoms with Gasteiger partial charge in [0.1, 0.15) is 0 Å². The lowest BCUT2D eigenvalue weighted by atomic mass is 10.2. The molecule has 0 radical (unpaired) electrons. The van der Waals surface area contributed by atoms with E-state index < -0.39 is 0 Å². The Bertz CT molecular complexity index is 391. The van der Waals surface area contributed by atoms with Crippen molar-refractivity contribution in [3.8, 4) is 0 Å². The second-order valence-corrected chi connectivity index (χ2v) is 6.02. The fourth-order valence-corrected chi connectivity index (χ4v) is 2.86. The predicted molar refractivity (Wildman–Crippen MR) is 92.5 cm³/mol. The van der Waals surface area contributed by atoms with Gasteiger partial charge in [0, 0.05) is 32.7 Å². The monoisotopic (exact) mass is 286 g/mol. The Morgan fingerprint density at radius 2 is 1.62 bits per heavy atom. The Balaban J connectivity index is 1.60. The topological polar surface area (TPSA) is 6.48 Å². The van der Waals surface area contributed by atoms with E-state index in [0.29, 0.717) is 0 Å². The molecule has 1 saturated heterocycles. The highest BCUT2D eigenvalue weighted by Crippen LogP contribution is 2.07. The van der Waals surface area contributed by atoms with Gasteiger partial charge in [-0.2, -0.15) is 0 Å². The zero-order chi connectivity index (χ0) is 14.8. The van der Waals surface area contributed by atoms with E-state index >= 15 is 0 Å². The lowest BCUT2D eigenvalue weighted by molar-refractivity contribution is 0.141. The van der Waals surface area contributed by atoms with E-state index in [1.165, 1.54) is 64.0 Å². The highest BCUT2D eigenvalue weighted by Gasteiger charge is 2.14. The molecule has 2 rings (SSSR count). The first kappa shape index (κ1) is 16.3. The Kier molecular flexibility index (Phi) is 7.55. The first-order valence-corrected chi connectivity index (χ1v) is 8.55. The summed E-state index contributed by atoms with van der Waals surface area (Å²) in [5.41, 5.74) is 1.30. The van der Waals surface area contributed by atoms with E-state index in [4.69, 9.17) is 0 Å². The molecule has 0 bridgehead atoms. The molecule has 2 nitrogen and oxygen atoms in total. The summed E-state index contributed by atoms with van der Waals surface area (Å²) in [6, 6.07) is 10.6. The minimum atomic E-state index is 1.08. The largest absolute Gasteiger partial charge is 0.301 e. The van der Waals surface area contributed by atoms with Crippen LogP contribution in [0.5, 0.6) is 0 Å². The molecule has 21 heavy (non-hydrogen) atoms. The minimum Gasteiger partial charge on any atom is -0.301 e. The van der Waals surface area contributed by atoms with Crippen LogP contribution < -0.4 is 0 Å². The van der Waals surface area contributed by atoms with Crippen LogP contribution in [0.1, 0.15) is 38.2 Å². The van der Waals surface area contributed by atoms with E-state index in [-0.39, 0.29) is 0 Å². The van der Waals surface area contributed by atoms with Gasteiger partial charge in [-0.15, -0.1) is 0 Å². The van der Waals surface area contributed by atoms with Crippen LogP contribution in [0.25, 0.3) is 6.08 Å². The second-order valence-electron chi connectivity index (χ2n) is 6.02. The van der Waals surface area contributed by atoms with Gasteiger partial charge in [-0.3, -0.25) is 4.90 Å². The Hall–Kier alpha value is -1.12. The average molecular weight is 286 g/mol. The molecule has 1 aromatic rings. The van der Waals surface area contributed by atoms with Crippen molar-refractivity contribution in [2.24, 2.45) is 0 Å². The number of nitrogens with zero attached hydrogens (tertiary/aromatic N) is 2. The summed E-state index contributed by atoms with van der Waals surface area (Å²) < 4.78 is 0. The normalized spacial score (nSPS) is 17.6. The van der Waals surface area contributed by atoms with Crippen molar-refractivity contribution in [3.05, 3.63) is 42.0 Å². The molecular weight excluding hydrogens is 256 g/mol. The third-order valence-electron chi connectivity index (χ3n) is 4.27. The van der Waals surface area contributed by atoms with Crippen molar-refractivity contribution in [2.45, 2.75) is 32.6 Å². The van der Waals surface area contributed by atoms with Crippen molar-refractivity contribution in [2.75, 3.05) is 39.3 Å². The Morgan fingerprint density at radius 3 is 2.33 bits per heavy atom. The molecule has 1 aliphatic rings. The zero-order valence-corrected chi connectivity index (χ0v) is 13.5. The van der Waals surface area contributed by atoms with Crippen molar-refractivity contribution >= 4 is 6.08 Å². The summed E-state index contributed by atoms with van der Waals surface area (Å²) >= 11 is 0. The van der Waals surface area contributed by atoms with Crippen LogP contribution in [0.2, 0.25) is 0 Å². The van der Waals surface area contributed by atoms with Crippen molar-refractivity contribution in [1.29, 1.82) is 0 Å². The maximum atomic E-state index is 2.63. The maximum Gasteiger partial charge on any atom is 0.0167 e. The van der Waals surface area contributed by atoms with Crippen LogP contribution in [0, 0.1) is 0 Å². The molecule has 1 heterocycles. The van der Waals surface area contributed by atoms with Gasteiger partial charge in [-0.25, -0.2) is 0 Å². The van der Waals surface area contributed by atoms with E-state index in [1.54, 1.807) is 0 Å². The van der Waals surface area contributed by atoms with Gasteiger partial charge >= 0.3 is 0 Å². The Morgan fingerprint density at radius 1 is 0.905 bits per heavy atom. The van der Waals surface area contributed by atoms with Crippen molar-refractivity contribution in [3.63, 3.8) is 0 Å². The maximum absolute atomic E-state index is 2.63. The summed E-state index contributed by atoms with van der Waals surface area (Å²) in [5.74, 6) is 0. The van der Waals surface area contributed by atoms with Gasteiger partial charge in [-0.1, -0.05) is 68.7 Å². The summed E-state index contributed by atoms with van der Waals surface area (Å²) in [6.07, 6.45) is 10.0. The molecule has 0 spiro atoms. The number of hydrogen-bond donors (Lipinski definition) is 0. The summed E-state index contributed by atoms with van der Waals surface area (Å²) in [5, 5.41) is 0. The van der Waals surface area contributed by atoms with E-state index in [0.717, 1.165) is 6.54 Å². The number of unbranched alkanes of at least 4 members (excludes halogenated alkanes) is 3. The summed E-state index contributed by atoms with van der Waals surface area (Å²) in [4.78, 5) is 5.19. The summed E-state index contributed by atoms with van der Waals surface area (Å²) in [7, 11) is 0. The molecule has 0 N–H and O–H groups in total. The molecule has 0 unspecified atom stereocenters. The minimum absolute atomic E-state index is 1.08. The quantitative estimate of drug-likeness (QED) is 0.669. The van der Waals surface area contributed by atoms with Gasteiger partial charge in [0.25, 0.3) is 0 Å². The number of benzene rings is 1. The Labute approximate surface area is 130 Å². The number of rotatable bonds is 8. The molecule has 1 aliphatic heterocycles. The number of piperazine rings is 1. The smallest absolute Gasteiger partial charge is 0.0167 e. The lowest BCUT2D eigenvalue weighted by Gasteiger charge is -2.34. The van der Waals surface area contributed by atoms with E-state index in [9.17, 15) is 0 Å². The van der Waals surface area contributed by atoms with Crippen molar-refractivity contribution < 1.29 is 0 Å². The zero-order valence-electron chi connectivity index (χ0n) is 13.5. The molecule has 0 amide bonds. The molecule has 1 fully saturated rings. The average Bonchev–Trinajstić information content (AvgIpc) is 2.54. The summed E-state index contributed by atoms with van der Waals surface area (Å²) in [6.45, 7) is 9.57. The van der Waals surface area contributed by atoms with Crippen LogP contribution in [0.4, 0.5) is 0 Å². The fraction of sp³-hybridized carbons (Fsp3) is 0.579. The lowest BCUT2D eigenvalue weighted by Crippen LogP contribution is -2.46. The molecule has 2 heteroatoms. The highest BCUT2D eigenvalue weighted by molar-refractivity contribution is 5.48. The van der Waals surface area contributed by atoms with Crippen molar-refractivity contribution in [1.82, 2.24) is 9.80 Å². The van der Waals surface area contributed by atoms with Gasteiger partial charge in [0.15, 0.2) is 0 Å². The molecule has 0 saturated carbocycles. The molecule has 116 valence electrons.